The van der Waals surface area contributed by atoms with Crippen LogP contribution < -0.4 is 5.32 Å². The third kappa shape index (κ3) is 4.55. The Morgan fingerprint density at radius 2 is 1.94 bits per heavy atom. The van der Waals surface area contributed by atoms with Crippen molar-refractivity contribution >= 4 is 35.6 Å². The number of fused-ring (bicyclic) bond motifs is 2. The second kappa shape index (κ2) is 10.1. The Morgan fingerprint density at radius 3 is 2.72 bits per heavy atom. The zero-order chi connectivity index (χ0) is 21.9. The fraction of sp³-hybridized carbons (Fsp3) is 0.458. The van der Waals surface area contributed by atoms with E-state index in [2.05, 4.69) is 44.9 Å². The monoisotopic (exact) mass is 472 g/mol. The Hall–Kier alpha value is -1.61. The molecule has 1 aromatic heterocycles. The van der Waals surface area contributed by atoms with E-state index in [4.69, 9.17) is 25.8 Å². The Balaban J connectivity index is 1.54. The summed E-state index contributed by atoms with van der Waals surface area (Å²) in [4.78, 5) is 12.2. The van der Waals surface area contributed by atoms with Crippen LogP contribution in [0.2, 0.25) is 5.02 Å². The van der Waals surface area contributed by atoms with Crippen LogP contribution in [0.5, 0.6) is 0 Å². The molecule has 8 heteroatoms. The summed E-state index contributed by atoms with van der Waals surface area (Å²) in [6.45, 7) is 5.90. The number of benzene rings is 1. The van der Waals surface area contributed by atoms with Gasteiger partial charge in [-0.25, -0.2) is 9.19 Å². The van der Waals surface area contributed by atoms with Crippen LogP contribution in [-0.2, 0) is 9.22 Å². The zero-order valence-corrected chi connectivity index (χ0v) is 19.9. The lowest BCUT2D eigenvalue weighted by Crippen LogP contribution is -2.42. The van der Waals surface area contributed by atoms with Crippen molar-refractivity contribution in [1.29, 1.82) is 0 Å². The molecule has 2 aromatic rings. The van der Waals surface area contributed by atoms with Crippen LogP contribution in [0.25, 0.3) is 11.8 Å². The highest BCUT2D eigenvalue weighted by Gasteiger charge is 2.35. The van der Waals surface area contributed by atoms with E-state index in [0.29, 0.717) is 5.92 Å². The molecule has 1 N–H and O–H groups in total. The predicted molar refractivity (Wildman–Crippen MR) is 130 cm³/mol. The number of piperidine rings is 1. The number of piperazine rings is 1. The van der Waals surface area contributed by atoms with Gasteiger partial charge in [-0.1, -0.05) is 17.7 Å². The SMILES string of the molecule is COOSN1CCC(C2c3ccc(Cl)cc3C=C(N3CCNCC3)c3cccnc32)CC1. The minimum atomic E-state index is 0.241. The van der Waals surface area contributed by atoms with Crippen LogP contribution in [0.3, 0.4) is 0 Å². The van der Waals surface area contributed by atoms with E-state index in [1.165, 1.54) is 40.3 Å². The molecule has 6 nitrogen and oxygen atoms in total. The number of nitrogens with one attached hydrogen (secondary N) is 1. The Bertz CT molecular complexity index is 974. The fourth-order valence-electron chi connectivity index (χ4n) is 5.21. The van der Waals surface area contributed by atoms with Gasteiger partial charge in [0.25, 0.3) is 0 Å². The van der Waals surface area contributed by atoms with Crippen molar-refractivity contribution in [2.24, 2.45) is 5.92 Å². The molecule has 0 amide bonds. The van der Waals surface area contributed by atoms with Crippen LogP contribution in [0.15, 0.2) is 36.5 Å². The van der Waals surface area contributed by atoms with Crippen molar-refractivity contribution < 1.29 is 9.22 Å². The van der Waals surface area contributed by atoms with Crippen molar-refractivity contribution in [3.8, 4) is 0 Å². The standard InChI is InChI=1S/C24H29ClN4O2S/c1-30-31-32-29-11-6-17(7-12-29)23-20-5-4-19(25)15-18(20)16-22(28-13-9-26-10-14-28)21-3-2-8-27-24(21)23/h2-5,8,15-17,23,26H,6-7,9-14H2,1H3. The van der Waals surface area contributed by atoms with Crippen molar-refractivity contribution in [3.05, 3.63) is 63.9 Å². The molecule has 0 radical (unpaired) electrons. The second-order valence-corrected chi connectivity index (χ2v) is 9.77. The molecule has 2 fully saturated rings. The molecule has 0 bridgehead atoms. The van der Waals surface area contributed by atoms with E-state index in [1.54, 1.807) is 7.11 Å². The summed E-state index contributed by atoms with van der Waals surface area (Å²) >= 11 is 7.77. The Kier molecular flexibility index (Phi) is 7.02. The van der Waals surface area contributed by atoms with Gasteiger partial charge in [-0.3, -0.25) is 4.98 Å². The highest BCUT2D eigenvalue weighted by molar-refractivity contribution is 7.92. The molecule has 170 valence electrons. The summed E-state index contributed by atoms with van der Waals surface area (Å²) in [5.74, 6) is 0.740. The summed E-state index contributed by atoms with van der Waals surface area (Å²) < 4.78 is 7.30. The molecule has 32 heavy (non-hydrogen) atoms. The number of hydrogen-bond acceptors (Lipinski definition) is 7. The minimum Gasteiger partial charge on any atom is -0.368 e. The van der Waals surface area contributed by atoms with Gasteiger partial charge in [-0.05, 0) is 60.2 Å². The maximum atomic E-state index is 6.47. The highest BCUT2D eigenvalue weighted by Crippen LogP contribution is 2.45. The quantitative estimate of drug-likeness (QED) is 0.299. The van der Waals surface area contributed by atoms with E-state index in [1.807, 2.05) is 12.3 Å². The largest absolute Gasteiger partial charge is 0.368 e. The number of hydrogen-bond donors (Lipinski definition) is 1. The summed E-state index contributed by atoms with van der Waals surface area (Å²) in [6, 6.07) is 10.7. The molecule has 1 atom stereocenters. The van der Waals surface area contributed by atoms with E-state index >= 15 is 0 Å². The first-order valence-electron chi connectivity index (χ1n) is 11.3. The second-order valence-electron chi connectivity index (χ2n) is 8.53. The lowest BCUT2D eigenvalue weighted by molar-refractivity contribution is -0.163. The summed E-state index contributed by atoms with van der Waals surface area (Å²) in [5.41, 5.74) is 6.26. The average molecular weight is 473 g/mol. The van der Waals surface area contributed by atoms with Gasteiger partial charge in [-0.2, -0.15) is 0 Å². The van der Waals surface area contributed by atoms with Crippen molar-refractivity contribution in [3.63, 3.8) is 0 Å². The number of rotatable bonds is 5. The van der Waals surface area contributed by atoms with Crippen LogP contribution in [0.4, 0.5) is 0 Å². The van der Waals surface area contributed by atoms with Gasteiger partial charge in [0.1, 0.15) is 12.2 Å². The molecule has 1 aromatic carbocycles. The van der Waals surface area contributed by atoms with E-state index in [0.717, 1.165) is 57.1 Å². The molecule has 1 unspecified atom stereocenters. The van der Waals surface area contributed by atoms with Gasteiger partial charge in [0.2, 0.25) is 0 Å². The maximum Gasteiger partial charge on any atom is 0.121 e. The van der Waals surface area contributed by atoms with Gasteiger partial charge in [0, 0.05) is 67.7 Å². The molecular formula is C24H29ClN4O2S. The van der Waals surface area contributed by atoms with Gasteiger partial charge in [0.05, 0.1) is 12.8 Å². The number of aromatic nitrogens is 1. The van der Waals surface area contributed by atoms with E-state index in [9.17, 15) is 0 Å². The Labute approximate surface area is 199 Å². The van der Waals surface area contributed by atoms with E-state index < -0.39 is 0 Å². The topological polar surface area (TPSA) is 49.9 Å². The summed E-state index contributed by atoms with van der Waals surface area (Å²) in [7, 11) is 1.54. The smallest absolute Gasteiger partial charge is 0.121 e. The minimum absolute atomic E-state index is 0.241. The van der Waals surface area contributed by atoms with Gasteiger partial charge in [-0.15, -0.1) is 4.33 Å². The predicted octanol–water partition coefficient (Wildman–Crippen LogP) is 4.44. The zero-order valence-electron chi connectivity index (χ0n) is 18.3. The first-order valence-corrected chi connectivity index (χ1v) is 12.4. The first kappa shape index (κ1) is 22.2. The molecule has 2 aliphatic heterocycles. The number of nitrogens with zero attached hydrogens (tertiary/aromatic N) is 3. The van der Waals surface area contributed by atoms with Gasteiger partial charge < -0.3 is 10.2 Å². The number of pyridine rings is 1. The highest BCUT2D eigenvalue weighted by atomic mass is 35.5. The van der Waals surface area contributed by atoms with Crippen LogP contribution in [-0.4, -0.2) is 60.6 Å². The molecule has 1 aliphatic carbocycles. The maximum absolute atomic E-state index is 6.47. The van der Waals surface area contributed by atoms with Crippen LogP contribution in [0.1, 0.15) is 41.1 Å². The summed E-state index contributed by atoms with van der Waals surface area (Å²) in [6.07, 6.45) is 6.43. The molecule has 3 aliphatic rings. The van der Waals surface area contributed by atoms with Gasteiger partial charge in [0.15, 0.2) is 0 Å². The molecular weight excluding hydrogens is 444 g/mol. The van der Waals surface area contributed by atoms with Crippen LogP contribution in [0, 0.1) is 5.92 Å². The lowest BCUT2D eigenvalue weighted by Gasteiger charge is -2.36. The normalized spacial score (nSPS) is 22.1. The van der Waals surface area contributed by atoms with Crippen molar-refractivity contribution in [2.75, 3.05) is 46.4 Å². The van der Waals surface area contributed by atoms with Gasteiger partial charge >= 0.3 is 0 Å². The fourth-order valence-corrected chi connectivity index (χ4v) is 5.90. The third-order valence-corrected chi connectivity index (χ3v) is 7.72. The van der Waals surface area contributed by atoms with Crippen LogP contribution >= 0.6 is 23.8 Å². The molecule has 0 saturated carbocycles. The molecule has 3 heterocycles. The van der Waals surface area contributed by atoms with Crippen molar-refractivity contribution in [2.45, 2.75) is 18.8 Å². The lowest BCUT2D eigenvalue weighted by atomic mass is 9.76. The number of halogens is 1. The van der Waals surface area contributed by atoms with E-state index in [-0.39, 0.29) is 5.92 Å². The molecule has 0 spiro atoms. The average Bonchev–Trinajstić information content (AvgIpc) is 2.98. The first-order chi connectivity index (χ1) is 15.7. The third-order valence-electron chi connectivity index (χ3n) is 6.72. The summed E-state index contributed by atoms with van der Waals surface area (Å²) in [5, 5.41) is 4.25. The molecule has 2 saturated heterocycles. The Morgan fingerprint density at radius 1 is 1.12 bits per heavy atom. The van der Waals surface area contributed by atoms with Crippen molar-refractivity contribution in [1.82, 2.24) is 19.5 Å². The molecule has 5 rings (SSSR count).